The number of amides is 1. The standard InChI is InChI=1S/C26H21FN4O5/c1-36-25(34)17-13-20(15-11-12-15)29-23-22(17)24(33)30(26(35)31(23)16-7-3-2-4-8-16)14-21(32)28-19-10-6-5-9-18(19)27/h2-10,13,15H,11-12,14H2,1H3,(H,28,32). The SMILES string of the molecule is COC(=O)c1cc(C2CC2)nc2c1c(=O)n(CC(=O)Nc1ccccc1F)c(=O)n2-c1ccccc1. The van der Waals surface area contributed by atoms with Crippen molar-refractivity contribution in [1.29, 1.82) is 0 Å². The van der Waals surface area contributed by atoms with E-state index in [0.717, 1.165) is 12.8 Å². The number of nitrogens with zero attached hydrogens (tertiary/aromatic N) is 3. The Morgan fingerprint density at radius 2 is 1.78 bits per heavy atom. The maximum atomic E-state index is 14.0. The van der Waals surface area contributed by atoms with E-state index in [-0.39, 0.29) is 28.2 Å². The predicted molar refractivity (Wildman–Crippen MR) is 130 cm³/mol. The Morgan fingerprint density at radius 3 is 2.44 bits per heavy atom. The van der Waals surface area contributed by atoms with Gasteiger partial charge in [-0.25, -0.2) is 28.1 Å². The normalized spacial score (nSPS) is 12.9. The summed E-state index contributed by atoms with van der Waals surface area (Å²) in [4.78, 5) is 57.3. The smallest absolute Gasteiger partial charge is 0.338 e. The van der Waals surface area contributed by atoms with Crippen LogP contribution in [0.5, 0.6) is 0 Å². The largest absolute Gasteiger partial charge is 0.465 e. The molecule has 0 spiro atoms. The van der Waals surface area contributed by atoms with Gasteiger partial charge in [0.05, 0.1) is 29.4 Å². The van der Waals surface area contributed by atoms with E-state index in [1.54, 1.807) is 30.3 Å². The highest BCUT2D eigenvalue weighted by molar-refractivity contribution is 6.02. The Balaban J connectivity index is 1.75. The predicted octanol–water partition coefficient (Wildman–Crippen LogP) is 2.99. The molecule has 36 heavy (non-hydrogen) atoms. The van der Waals surface area contributed by atoms with Gasteiger partial charge in [-0.05, 0) is 43.2 Å². The number of pyridine rings is 1. The lowest BCUT2D eigenvalue weighted by Gasteiger charge is -2.16. The number of methoxy groups -OCH3 is 1. The number of carbonyl (C=O) groups is 2. The minimum Gasteiger partial charge on any atom is -0.465 e. The molecule has 1 amide bonds. The molecular formula is C26H21FN4O5. The van der Waals surface area contributed by atoms with Crippen molar-refractivity contribution in [2.24, 2.45) is 0 Å². The van der Waals surface area contributed by atoms with Crippen LogP contribution >= 0.6 is 0 Å². The molecule has 1 fully saturated rings. The Kier molecular flexibility index (Phi) is 5.93. The third kappa shape index (κ3) is 4.17. The van der Waals surface area contributed by atoms with E-state index in [1.807, 2.05) is 0 Å². The van der Waals surface area contributed by atoms with Crippen molar-refractivity contribution >= 4 is 28.6 Å². The van der Waals surface area contributed by atoms with Gasteiger partial charge in [0.1, 0.15) is 12.4 Å². The van der Waals surface area contributed by atoms with Crippen LogP contribution in [-0.4, -0.2) is 33.1 Å². The van der Waals surface area contributed by atoms with Gasteiger partial charge in [-0.1, -0.05) is 30.3 Å². The van der Waals surface area contributed by atoms with Gasteiger partial charge in [-0.2, -0.15) is 0 Å². The van der Waals surface area contributed by atoms with Gasteiger partial charge >= 0.3 is 11.7 Å². The average molecular weight is 488 g/mol. The number of hydrogen-bond donors (Lipinski definition) is 1. The molecule has 1 saturated carbocycles. The van der Waals surface area contributed by atoms with E-state index in [4.69, 9.17) is 4.74 Å². The first-order valence-electron chi connectivity index (χ1n) is 11.3. The molecule has 9 nitrogen and oxygen atoms in total. The minimum absolute atomic E-state index is 0.00626. The molecule has 2 aromatic carbocycles. The highest BCUT2D eigenvalue weighted by Crippen LogP contribution is 2.40. The Hall–Kier alpha value is -4.60. The van der Waals surface area contributed by atoms with Crippen LogP contribution < -0.4 is 16.6 Å². The number of ether oxygens (including phenoxy) is 1. The summed E-state index contributed by atoms with van der Waals surface area (Å²) in [7, 11) is 1.19. The maximum Gasteiger partial charge on any atom is 0.338 e. The minimum atomic E-state index is -0.874. The number of esters is 1. The molecule has 0 atom stereocenters. The van der Waals surface area contributed by atoms with Crippen molar-refractivity contribution in [3.05, 3.63) is 98.6 Å². The van der Waals surface area contributed by atoms with E-state index >= 15 is 0 Å². The zero-order valence-corrected chi connectivity index (χ0v) is 19.2. The molecule has 10 heteroatoms. The summed E-state index contributed by atoms with van der Waals surface area (Å²) >= 11 is 0. The fourth-order valence-corrected chi connectivity index (χ4v) is 4.06. The van der Waals surface area contributed by atoms with Gasteiger partial charge in [0, 0.05) is 11.6 Å². The highest BCUT2D eigenvalue weighted by atomic mass is 19.1. The van der Waals surface area contributed by atoms with Crippen LogP contribution in [0.15, 0.2) is 70.3 Å². The molecular weight excluding hydrogens is 467 g/mol. The van der Waals surface area contributed by atoms with Gasteiger partial charge < -0.3 is 10.1 Å². The zero-order valence-electron chi connectivity index (χ0n) is 19.2. The lowest BCUT2D eigenvalue weighted by atomic mass is 10.1. The summed E-state index contributed by atoms with van der Waals surface area (Å²) in [5.74, 6) is -2.10. The number of rotatable bonds is 6. The molecule has 2 aromatic heterocycles. The van der Waals surface area contributed by atoms with Crippen LogP contribution in [0, 0.1) is 5.82 Å². The van der Waals surface area contributed by atoms with Gasteiger partial charge in [0.15, 0.2) is 5.65 Å². The topological polar surface area (TPSA) is 112 Å². The number of halogens is 1. The monoisotopic (exact) mass is 488 g/mol. The van der Waals surface area contributed by atoms with Gasteiger partial charge in [0.25, 0.3) is 5.56 Å². The van der Waals surface area contributed by atoms with Crippen molar-refractivity contribution in [3.63, 3.8) is 0 Å². The lowest BCUT2D eigenvalue weighted by Crippen LogP contribution is -2.43. The van der Waals surface area contributed by atoms with Gasteiger partial charge in [-0.3, -0.25) is 9.59 Å². The van der Waals surface area contributed by atoms with Crippen molar-refractivity contribution in [2.45, 2.75) is 25.3 Å². The number of carbonyl (C=O) groups excluding carboxylic acids is 2. The Morgan fingerprint density at radius 1 is 1.08 bits per heavy atom. The summed E-state index contributed by atoms with van der Waals surface area (Å²) in [5.41, 5.74) is -0.840. The summed E-state index contributed by atoms with van der Waals surface area (Å²) in [5, 5.41) is 2.23. The van der Waals surface area contributed by atoms with Crippen LogP contribution in [0.2, 0.25) is 0 Å². The van der Waals surface area contributed by atoms with Crippen LogP contribution in [-0.2, 0) is 16.1 Å². The second kappa shape index (κ2) is 9.21. The molecule has 4 aromatic rings. The summed E-state index contributed by atoms with van der Waals surface area (Å²) in [6.45, 7) is -0.709. The van der Waals surface area contributed by atoms with Crippen LogP contribution in [0.3, 0.4) is 0 Å². The number of para-hydroxylation sites is 2. The summed E-state index contributed by atoms with van der Waals surface area (Å²) < 4.78 is 20.8. The van der Waals surface area contributed by atoms with Crippen LogP contribution in [0.1, 0.15) is 34.8 Å². The molecule has 182 valence electrons. The number of hydrogen-bond acceptors (Lipinski definition) is 6. The van der Waals surface area contributed by atoms with Crippen molar-refractivity contribution < 1.29 is 18.7 Å². The molecule has 5 rings (SSSR count). The Labute approximate surface area is 203 Å². The molecule has 1 N–H and O–H groups in total. The molecule has 0 aliphatic heterocycles. The number of anilines is 1. The first kappa shape index (κ1) is 23.2. The number of nitrogens with one attached hydrogen (secondary N) is 1. The molecule has 0 saturated heterocycles. The fraction of sp³-hybridized carbons (Fsp3) is 0.192. The maximum absolute atomic E-state index is 14.0. The third-order valence-electron chi connectivity index (χ3n) is 5.98. The molecule has 0 bridgehead atoms. The fourth-order valence-electron chi connectivity index (χ4n) is 4.06. The number of benzene rings is 2. The number of aromatic nitrogens is 3. The average Bonchev–Trinajstić information content (AvgIpc) is 3.73. The van der Waals surface area contributed by atoms with Gasteiger partial charge in [0.2, 0.25) is 5.91 Å². The van der Waals surface area contributed by atoms with Crippen molar-refractivity contribution in [2.75, 3.05) is 12.4 Å². The lowest BCUT2D eigenvalue weighted by molar-refractivity contribution is -0.116. The molecule has 1 aliphatic rings. The van der Waals surface area contributed by atoms with Crippen LogP contribution in [0.25, 0.3) is 16.7 Å². The molecule has 0 unspecified atom stereocenters. The van der Waals surface area contributed by atoms with Crippen LogP contribution in [0.4, 0.5) is 10.1 Å². The Bertz CT molecular complexity index is 1620. The molecule has 1 aliphatic carbocycles. The summed E-state index contributed by atoms with van der Waals surface area (Å²) in [6.07, 6.45) is 1.75. The van der Waals surface area contributed by atoms with Crippen molar-refractivity contribution in [1.82, 2.24) is 14.1 Å². The van der Waals surface area contributed by atoms with E-state index in [9.17, 15) is 23.6 Å². The first-order chi connectivity index (χ1) is 17.4. The highest BCUT2D eigenvalue weighted by Gasteiger charge is 2.30. The number of fused-ring (bicyclic) bond motifs is 1. The molecule has 2 heterocycles. The van der Waals surface area contributed by atoms with Crippen molar-refractivity contribution in [3.8, 4) is 5.69 Å². The van der Waals surface area contributed by atoms with E-state index in [2.05, 4.69) is 10.3 Å². The quantitative estimate of drug-likeness (QED) is 0.418. The first-order valence-corrected chi connectivity index (χ1v) is 11.3. The second-order valence-corrected chi connectivity index (χ2v) is 8.43. The molecule has 0 radical (unpaired) electrons. The summed E-state index contributed by atoms with van der Waals surface area (Å²) in [6, 6.07) is 15.5. The van der Waals surface area contributed by atoms with E-state index < -0.39 is 35.5 Å². The second-order valence-electron chi connectivity index (χ2n) is 8.43. The van der Waals surface area contributed by atoms with Gasteiger partial charge in [-0.15, -0.1) is 0 Å². The van der Waals surface area contributed by atoms with E-state index in [1.165, 1.54) is 42.0 Å². The van der Waals surface area contributed by atoms with E-state index in [0.29, 0.717) is 15.9 Å². The third-order valence-corrected chi connectivity index (χ3v) is 5.98. The zero-order chi connectivity index (χ0) is 25.4.